The average Bonchev–Trinajstić information content (AvgIpc) is 3.50. The predicted molar refractivity (Wildman–Crippen MR) is 202 cm³/mol. The van der Waals surface area contributed by atoms with Gasteiger partial charge in [-0.25, -0.2) is 9.69 Å². The molecule has 0 bridgehead atoms. The molecule has 0 aliphatic rings. The molecule has 0 saturated heterocycles. The first kappa shape index (κ1) is 29.0. The summed E-state index contributed by atoms with van der Waals surface area (Å²) < 4.78 is 2.21. The van der Waals surface area contributed by atoms with E-state index in [-0.39, 0.29) is 0 Å². The number of fused-ring (bicyclic) bond motifs is 3. The Morgan fingerprint density at radius 1 is 0.438 bits per heavy atom. The van der Waals surface area contributed by atoms with Gasteiger partial charge in [0.25, 0.3) is 0 Å². The number of hydrogen-bond acceptors (Lipinski definition) is 0. The number of para-hydroxylation sites is 2. The molecule has 1 heterocycles. The fourth-order valence-electron chi connectivity index (χ4n) is 7.41. The highest BCUT2D eigenvalue weighted by Gasteiger charge is 2.43. The van der Waals surface area contributed by atoms with Crippen LogP contribution in [0.2, 0.25) is 0 Å². The van der Waals surface area contributed by atoms with Gasteiger partial charge in [-0.2, -0.15) is 0 Å². The minimum atomic E-state index is -2.98. The lowest BCUT2D eigenvalue weighted by atomic mass is 10.0. The van der Waals surface area contributed by atoms with Crippen molar-refractivity contribution in [2.24, 2.45) is 0 Å². The molecule has 0 N–H and O–H groups in total. The first-order valence-corrected chi connectivity index (χ1v) is 17.9. The Balaban J connectivity index is 1.50. The lowest BCUT2D eigenvalue weighted by molar-refractivity contribution is 1.19. The summed E-state index contributed by atoms with van der Waals surface area (Å²) in [6, 6.07) is 61.3. The van der Waals surface area contributed by atoms with Crippen LogP contribution in [0.4, 0.5) is 11.4 Å². The maximum atomic E-state index is 8.42. The molecule has 48 heavy (non-hydrogen) atoms. The molecule has 0 aliphatic heterocycles. The number of nitrogens with zero attached hydrogens (tertiary/aromatic N) is 3. The third-order valence-electron chi connectivity index (χ3n) is 9.39. The molecule has 0 unspecified atom stereocenters. The Kier molecular flexibility index (Phi) is 7.27. The molecular weight excluding hydrogens is 599 g/mol. The van der Waals surface area contributed by atoms with Crippen LogP contribution in [-0.4, -0.2) is 12.6 Å². The Labute approximate surface area is 281 Å². The van der Waals surface area contributed by atoms with Crippen LogP contribution in [0.1, 0.15) is 0 Å². The van der Waals surface area contributed by atoms with Crippen LogP contribution in [0.15, 0.2) is 176 Å². The Bertz CT molecular complexity index is 2370. The van der Waals surface area contributed by atoms with E-state index in [0.717, 1.165) is 43.8 Å². The van der Waals surface area contributed by atoms with Crippen molar-refractivity contribution in [3.05, 3.63) is 199 Å². The monoisotopic (exact) mass is 627 g/mol. The minimum absolute atomic E-state index is 0.560. The SMILES string of the molecule is [C-]#[N+]c1ccc(-c2c([N+]#[C-])cccc2[Si](c2ccccc2)(c2ccccc2)c2ccccc2)cc1-n1c2ccccc2c2ccccc21. The van der Waals surface area contributed by atoms with E-state index in [0.29, 0.717) is 11.4 Å². The molecule has 7 aromatic carbocycles. The van der Waals surface area contributed by atoms with Crippen LogP contribution in [0, 0.1) is 13.1 Å². The normalized spacial score (nSPS) is 11.3. The second-order valence-electron chi connectivity index (χ2n) is 11.8. The summed E-state index contributed by atoms with van der Waals surface area (Å²) in [7, 11) is -2.98. The first-order chi connectivity index (χ1) is 23.8. The van der Waals surface area contributed by atoms with Crippen LogP contribution in [0.5, 0.6) is 0 Å². The third kappa shape index (κ3) is 4.48. The van der Waals surface area contributed by atoms with Gasteiger partial charge in [0.05, 0.1) is 29.9 Å². The van der Waals surface area contributed by atoms with Gasteiger partial charge in [-0.05, 0) is 50.1 Å². The topological polar surface area (TPSA) is 13.7 Å². The van der Waals surface area contributed by atoms with Gasteiger partial charge in [0.1, 0.15) is 0 Å². The van der Waals surface area contributed by atoms with Gasteiger partial charge in [0.2, 0.25) is 5.69 Å². The lowest BCUT2D eigenvalue weighted by Crippen LogP contribution is -2.75. The molecule has 224 valence electrons. The molecule has 0 atom stereocenters. The second-order valence-corrected chi connectivity index (χ2v) is 15.6. The van der Waals surface area contributed by atoms with Crippen LogP contribution in [-0.2, 0) is 0 Å². The standard InChI is InChI=1S/C44H29N3Si/c1-45-38-30-29-32(31-42(38)47-40-26-14-12-23-36(40)37-24-13-15-27-41(37)47)44-39(46-2)25-16-28-43(44)48(33-17-6-3-7-18-33,34-19-8-4-9-20-34)35-21-10-5-11-22-35/h3-31H. The van der Waals surface area contributed by atoms with Crippen LogP contribution < -0.4 is 20.7 Å². The van der Waals surface area contributed by atoms with Gasteiger partial charge in [-0.1, -0.05) is 158 Å². The highest BCUT2D eigenvalue weighted by Crippen LogP contribution is 2.39. The zero-order valence-electron chi connectivity index (χ0n) is 26.1. The fourth-order valence-corrected chi connectivity index (χ4v) is 12.4. The van der Waals surface area contributed by atoms with Gasteiger partial charge < -0.3 is 4.57 Å². The predicted octanol–water partition coefficient (Wildman–Crippen LogP) is 8.93. The summed E-state index contributed by atoms with van der Waals surface area (Å²) in [5, 5.41) is 7.15. The fraction of sp³-hybridized carbons (Fsp3) is 0. The zero-order valence-corrected chi connectivity index (χ0v) is 27.1. The van der Waals surface area contributed by atoms with Crippen molar-refractivity contribution in [2.75, 3.05) is 0 Å². The van der Waals surface area contributed by atoms with Crippen molar-refractivity contribution in [3.63, 3.8) is 0 Å². The molecule has 8 rings (SSSR count). The molecule has 0 saturated carbocycles. The Hall–Kier alpha value is -6.46. The van der Waals surface area contributed by atoms with E-state index in [9.17, 15) is 0 Å². The molecule has 1 aromatic heterocycles. The third-order valence-corrected chi connectivity index (χ3v) is 14.2. The molecule has 0 fully saturated rings. The van der Waals surface area contributed by atoms with Crippen molar-refractivity contribution in [1.29, 1.82) is 0 Å². The molecule has 0 spiro atoms. The molecular formula is C44H29N3Si. The van der Waals surface area contributed by atoms with E-state index in [2.05, 4.69) is 154 Å². The molecule has 8 aromatic rings. The summed E-state index contributed by atoms with van der Waals surface area (Å²) in [5.41, 5.74) is 5.87. The van der Waals surface area contributed by atoms with Crippen molar-refractivity contribution < 1.29 is 0 Å². The summed E-state index contributed by atoms with van der Waals surface area (Å²) in [6.07, 6.45) is 0. The van der Waals surface area contributed by atoms with E-state index in [1.165, 1.54) is 15.6 Å². The maximum Gasteiger partial charge on any atom is 0.210 e. The summed E-state index contributed by atoms with van der Waals surface area (Å²) in [4.78, 5) is 8.15. The molecule has 4 heteroatoms. The van der Waals surface area contributed by atoms with Crippen LogP contribution >= 0.6 is 0 Å². The Morgan fingerprint density at radius 2 is 0.917 bits per heavy atom. The molecule has 0 aliphatic carbocycles. The highest BCUT2D eigenvalue weighted by molar-refractivity contribution is 7.20. The van der Waals surface area contributed by atoms with E-state index in [1.807, 2.05) is 36.4 Å². The van der Waals surface area contributed by atoms with Gasteiger partial charge in [0, 0.05) is 10.8 Å². The maximum absolute atomic E-state index is 8.42. The van der Waals surface area contributed by atoms with Crippen molar-refractivity contribution in [2.45, 2.75) is 0 Å². The summed E-state index contributed by atoms with van der Waals surface area (Å²) in [6.45, 7) is 16.6. The number of aromatic nitrogens is 1. The average molecular weight is 628 g/mol. The highest BCUT2D eigenvalue weighted by atomic mass is 28.3. The van der Waals surface area contributed by atoms with Crippen LogP contribution in [0.25, 0.3) is 48.3 Å². The summed E-state index contributed by atoms with van der Waals surface area (Å²) >= 11 is 0. The molecule has 0 radical (unpaired) electrons. The van der Waals surface area contributed by atoms with Gasteiger partial charge >= 0.3 is 0 Å². The molecule has 3 nitrogen and oxygen atoms in total. The van der Waals surface area contributed by atoms with Gasteiger partial charge in [-0.3, -0.25) is 0 Å². The van der Waals surface area contributed by atoms with Gasteiger partial charge in [-0.15, -0.1) is 0 Å². The minimum Gasteiger partial charge on any atom is -0.319 e. The summed E-state index contributed by atoms with van der Waals surface area (Å²) in [5.74, 6) is 0. The second kappa shape index (κ2) is 12.0. The van der Waals surface area contributed by atoms with E-state index >= 15 is 0 Å². The zero-order chi connectivity index (χ0) is 32.5. The lowest BCUT2D eigenvalue weighted by Gasteiger charge is -2.36. The first-order valence-electron chi connectivity index (χ1n) is 15.9. The van der Waals surface area contributed by atoms with Crippen molar-refractivity contribution in [3.8, 4) is 16.8 Å². The van der Waals surface area contributed by atoms with E-state index < -0.39 is 8.07 Å². The van der Waals surface area contributed by atoms with E-state index in [4.69, 9.17) is 13.1 Å². The van der Waals surface area contributed by atoms with Gasteiger partial charge in [0.15, 0.2) is 13.8 Å². The number of rotatable bonds is 6. The van der Waals surface area contributed by atoms with E-state index in [1.54, 1.807) is 0 Å². The van der Waals surface area contributed by atoms with Crippen molar-refractivity contribution >= 4 is 62.0 Å². The number of benzene rings is 7. The number of hydrogen-bond donors (Lipinski definition) is 0. The quantitative estimate of drug-likeness (QED) is 0.0993. The smallest absolute Gasteiger partial charge is 0.210 e. The van der Waals surface area contributed by atoms with Crippen molar-refractivity contribution in [1.82, 2.24) is 4.57 Å². The largest absolute Gasteiger partial charge is 0.319 e. The molecule has 0 amide bonds. The van der Waals surface area contributed by atoms with Crippen LogP contribution in [0.3, 0.4) is 0 Å². The Morgan fingerprint density at radius 3 is 1.42 bits per heavy atom.